The van der Waals surface area contributed by atoms with Crippen LogP contribution < -0.4 is 0 Å². The molecule has 1 aliphatic rings. The van der Waals surface area contributed by atoms with Gasteiger partial charge in [0.05, 0.1) is 12.3 Å². The average molecular weight is 302 g/mol. The molecule has 1 aliphatic carbocycles. The van der Waals surface area contributed by atoms with E-state index in [4.69, 9.17) is 4.74 Å². The summed E-state index contributed by atoms with van der Waals surface area (Å²) < 4.78 is 4.95. The molecule has 0 spiro atoms. The zero-order valence-corrected chi connectivity index (χ0v) is 12.5. The summed E-state index contributed by atoms with van der Waals surface area (Å²) in [6.45, 7) is -0.407. The number of rotatable bonds is 4. The van der Waals surface area contributed by atoms with Crippen LogP contribution in [0.3, 0.4) is 0 Å². The van der Waals surface area contributed by atoms with E-state index >= 15 is 0 Å². The van der Waals surface area contributed by atoms with Crippen molar-refractivity contribution in [3.63, 3.8) is 0 Å². The van der Waals surface area contributed by atoms with Crippen LogP contribution in [0, 0.1) is 11.3 Å². The second-order valence-electron chi connectivity index (χ2n) is 5.32. The van der Waals surface area contributed by atoms with Gasteiger partial charge < -0.3 is 9.64 Å². The second kappa shape index (κ2) is 6.98. The third kappa shape index (κ3) is 3.39. The second-order valence-corrected chi connectivity index (χ2v) is 5.32. The van der Waals surface area contributed by atoms with Gasteiger partial charge in [0.1, 0.15) is 5.54 Å². The molecule has 1 aromatic heterocycles. The zero-order chi connectivity index (χ0) is 16.0. The lowest BCUT2D eigenvalue weighted by Crippen LogP contribution is -2.51. The first kappa shape index (κ1) is 15.9. The molecule has 1 fully saturated rings. The lowest BCUT2D eigenvalue weighted by atomic mass is 9.81. The predicted molar refractivity (Wildman–Crippen MR) is 76.5 cm³/mol. The van der Waals surface area contributed by atoms with Gasteiger partial charge in [-0.3, -0.25) is 9.78 Å². The molecular weight excluding hydrogens is 284 g/mol. The highest BCUT2D eigenvalue weighted by Crippen LogP contribution is 2.32. The highest BCUT2D eigenvalue weighted by atomic mass is 16.5. The number of likely N-dealkylation sites (N-methyl/N-ethyl adjacent to an activating group) is 1. The van der Waals surface area contributed by atoms with Crippen molar-refractivity contribution in [3.05, 3.63) is 24.3 Å². The van der Waals surface area contributed by atoms with Crippen LogP contribution in [0.2, 0.25) is 0 Å². The Hall–Kier alpha value is -2.49. The molecule has 22 heavy (non-hydrogen) atoms. The molecule has 0 atom stereocenters. The number of aromatic nitrogens is 2. The summed E-state index contributed by atoms with van der Waals surface area (Å²) in [5.41, 5.74) is -0.737. The number of esters is 1. The fourth-order valence-corrected chi connectivity index (χ4v) is 2.60. The SMILES string of the molecule is CN(C(=O)COC(=O)c1cnccn1)C1(C#N)CCCCC1. The van der Waals surface area contributed by atoms with Crippen molar-refractivity contribution < 1.29 is 14.3 Å². The molecule has 0 bridgehead atoms. The van der Waals surface area contributed by atoms with E-state index in [1.807, 2.05) is 0 Å². The Balaban J connectivity index is 1.94. The summed E-state index contributed by atoms with van der Waals surface area (Å²) in [6.07, 6.45) is 8.32. The summed E-state index contributed by atoms with van der Waals surface area (Å²) in [7, 11) is 1.59. The molecule has 116 valence electrons. The molecule has 7 nitrogen and oxygen atoms in total. The molecule has 0 N–H and O–H groups in total. The predicted octanol–water partition coefficient (Wildman–Crippen LogP) is 1.32. The molecule has 0 radical (unpaired) electrons. The van der Waals surface area contributed by atoms with Crippen molar-refractivity contribution in [1.82, 2.24) is 14.9 Å². The Labute approximate surface area is 128 Å². The van der Waals surface area contributed by atoms with E-state index in [9.17, 15) is 14.9 Å². The number of ether oxygens (including phenoxy) is 1. The van der Waals surface area contributed by atoms with E-state index < -0.39 is 18.1 Å². The van der Waals surface area contributed by atoms with Crippen LogP contribution >= 0.6 is 0 Å². The van der Waals surface area contributed by atoms with Gasteiger partial charge in [-0.25, -0.2) is 9.78 Å². The number of hydrogen-bond donors (Lipinski definition) is 0. The maximum atomic E-state index is 12.2. The minimum Gasteiger partial charge on any atom is -0.451 e. The Morgan fingerprint density at radius 2 is 2.09 bits per heavy atom. The van der Waals surface area contributed by atoms with Gasteiger partial charge in [0, 0.05) is 19.4 Å². The van der Waals surface area contributed by atoms with Crippen molar-refractivity contribution in [2.45, 2.75) is 37.6 Å². The Morgan fingerprint density at radius 3 is 2.68 bits per heavy atom. The number of amides is 1. The molecule has 7 heteroatoms. The maximum Gasteiger partial charge on any atom is 0.359 e. The monoisotopic (exact) mass is 302 g/mol. The molecule has 1 saturated carbocycles. The molecule has 2 rings (SSSR count). The van der Waals surface area contributed by atoms with Crippen LogP contribution in [0.15, 0.2) is 18.6 Å². The van der Waals surface area contributed by atoms with Crippen LogP contribution in [-0.2, 0) is 9.53 Å². The van der Waals surface area contributed by atoms with Gasteiger partial charge in [-0.1, -0.05) is 19.3 Å². The summed E-state index contributed by atoms with van der Waals surface area (Å²) >= 11 is 0. The van der Waals surface area contributed by atoms with E-state index in [2.05, 4.69) is 16.0 Å². The fourth-order valence-electron chi connectivity index (χ4n) is 2.60. The molecule has 0 unspecified atom stereocenters. The van der Waals surface area contributed by atoms with Gasteiger partial charge >= 0.3 is 5.97 Å². The van der Waals surface area contributed by atoms with Crippen molar-refractivity contribution in [2.24, 2.45) is 0 Å². The third-order valence-electron chi connectivity index (χ3n) is 4.00. The van der Waals surface area contributed by atoms with Crippen LogP contribution in [0.25, 0.3) is 0 Å². The molecule has 0 aliphatic heterocycles. The van der Waals surface area contributed by atoms with Crippen molar-refractivity contribution in [1.29, 1.82) is 5.26 Å². The Bertz CT molecular complexity index is 576. The number of hydrogen-bond acceptors (Lipinski definition) is 6. The summed E-state index contributed by atoms with van der Waals surface area (Å²) in [4.78, 5) is 32.9. The largest absolute Gasteiger partial charge is 0.451 e. The van der Waals surface area contributed by atoms with E-state index in [0.29, 0.717) is 12.8 Å². The number of carbonyl (C=O) groups is 2. The first-order chi connectivity index (χ1) is 10.6. The Morgan fingerprint density at radius 1 is 1.36 bits per heavy atom. The Kier molecular flexibility index (Phi) is 5.04. The van der Waals surface area contributed by atoms with Crippen molar-refractivity contribution >= 4 is 11.9 Å². The van der Waals surface area contributed by atoms with E-state index in [1.165, 1.54) is 23.5 Å². The standard InChI is InChI=1S/C15H18N4O3/c1-19(15(11-16)5-3-2-4-6-15)13(20)10-22-14(21)12-9-17-7-8-18-12/h7-9H,2-6,10H2,1H3. The van der Waals surface area contributed by atoms with Crippen molar-refractivity contribution in [3.8, 4) is 6.07 Å². The van der Waals surface area contributed by atoms with E-state index in [-0.39, 0.29) is 11.6 Å². The average Bonchev–Trinajstić information content (AvgIpc) is 2.60. The minimum absolute atomic E-state index is 0.0469. The molecular formula is C15H18N4O3. The van der Waals surface area contributed by atoms with Gasteiger partial charge in [0.25, 0.3) is 5.91 Å². The fraction of sp³-hybridized carbons (Fsp3) is 0.533. The minimum atomic E-state index is -0.783. The zero-order valence-electron chi connectivity index (χ0n) is 12.5. The number of carbonyl (C=O) groups excluding carboxylic acids is 2. The van der Waals surface area contributed by atoms with Crippen LogP contribution in [0.1, 0.15) is 42.6 Å². The van der Waals surface area contributed by atoms with Crippen LogP contribution in [-0.4, -0.2) is 45.9 Å². The highest BCUT2D eigenvalue weighted by molar-refractivity contribution is 5.89. The van der Waals surface area contributed by atoms with Gasteiger partial charge in [-0.2, -0.15) is 5.26 Å². The highest BCUT2D eigenvalue weighted by Gasteiger charge is 2.39. The van der Waals surface area contributed by atoms with E-state index in [0.717, 1.165) is 19.3 Å². The van der Waals surface area contributed by atoms with Gasteiger partial charge in [0.2, 0.25) is 0 Å². The number of nitriles is 1. The lowest BCUT2D eigenvalue weighted by molar-refractivity contribution is -0.138. The first-order valence-electron chi connectivity index (χ1n) is 7.20. The lowest BCUT2D eigenvalue weighted by Gasteiger charge is -2.38. The van der Waals surface area contributed by atoms with E-state index in [1.54, 1.807) is 7.05 Å². The molecule has 0 aromatic carbocycles. The van der Waals surface area contributed by atoms with Gasteiger partial charge in [-0.15, -0.1) is 0 Å². The molecule has 1 amide bonds. The topological polar surface area (TPSA) is 96.2 Å². The summed E-state index contributed by atoms with van der Waals surface area (Å²) in [6, 6.07) is 2.26. The quantitative estimate of drug-likeness (QED) is 0.778. The third-order valence-corrected chi connectivity index (χ3v) is 4.00. The summed E-state index contributed by atoms with van der Waals surface area (Å²) in [5.74, 6) is -1.09. The maximum absolute atomic E-state index is 12.2. The molecule has 1 heterocycles. The molecule has 0 saturated heterocycles. The summed E-state index contributed by atoms with van der Waals surface area (Å²) in [5, 5.41) is 9.45. The van der Waals surface area contributed by atoms with Crippen LogP contribution in [0.5, 0.6) is 0 Å². The van der Waals surface area contributed by atoms with Crippen molar-refractivity contribution in [2.75, 3.05) is 13.7 Å². The number of nitrogens with zero attached hydrogens (tertiary/aromatic N) is 4. The normalized spacial score (nSPS) is 16.4. The van der Waals surface area contributed by atoms with Gasteiger partial charge in [-0.05, 0) is 12.8 Å². The molecule has 1 aromatic rings. The van der Waals surface area contributed by atoms with Gasteiger partial charge in [0.15, 0.2) is 12.3 Å². The first-order valence-corrected chi connectivity index (χ1v) is 7.20. The van der Waals surface area contributed by atoms with Crippen LogP contribution in [0.4, 0.5) is 0 Å². The smallest absolute Gasteiger partial charge is 0.359 e.